The third-order valence-electron chi connectivity index (χ3n) is 4.63. The fraction of sp³-hybridized carbons (Fsp3) is 0.300. The predicted molar refractivity (Wildman–Crippen MR) is 101 cm³/mol. The van der Waals surface area contributed by atoms with E-state index in [1.807, 2.05) is 12.1 Å². The molecule has 1 saturated heterocycles. The first-order valence-electron chi connectivity index (χ1n) is 8.96. The Hall–Kier alpha value is -3.07. The summed E-state index contributed by atoms with van der Waals surface area (Å²) in [5, 5.41) is 2.59. The molecule has 0 aliphatic carbocycles. The van der Waals surface area contributed by atoms with Crippen molar-refractivity contribution >= 4 is 23.2 Å². The van der Waals surface area contributed by atoms with Crippen molar-refractivity contribution in [1.82, 2.24) is 0 Å². The van der Waals surface area contributed by atoms with Crippen LogP contribution in [0.25, 0.3) is 0 Å². The Morgan fingerprint density at radius 2 is 1.59 bits per heavy atom. The predicted octanol–water partition coefficient (Wildman–Crippen LogP) is 2.75. The van der Waals surface area contributed by atoms with Gasteiger partial charge in [-0.05, 0) is 42.0 Å². The number of ether oxygens (including phenoxy) is 1. The number of nitrogens with two attached hydrogens (primary N) is 1. The third-order valence-corrected chi connectivity index (χ3v) is 4.63. The molecule has 2 amide bonds. The van der Waals surface area contributed by atoms with Crippen LogP contribution in [0, 0.1) is 0 Å². The summed E-state index contributed by atoms with van der Waals surface area (Å²) in [7, 11) is 0. The van der Waals surface area contributed by atoms with Gasteiger partial charge in [-0.2, -0.15) is 13.2 Å². The maximum Gasteiger partial charge on any atom is 0.416 e. The van der Waals surface area contributed by atoms with Crippen molar-refractivity contribution in [2.75, 3.05) is 36.5 Å². The maximum atomic E-state index is 12.7. The number of amides is 2. The van der Waals surface area contributed by atoms with E-state index >= 15 is 0 Å². The smallest absolute Gasteiger partial charge is 0.378 e. The number of rotatable bonds is 5. The molecule has 0 spiro atoms. The normalized spacial score (nSPS) is 15.6. The minimum atomic E-state index is -4.51. The Kier molecular flexibility index (Phi) is 6.07. The lowest BCUT2D eigenvalue weighted by atomic mass is 9.96. The molecule has 0 aromatic heterocycles. The van der Waals surface area contributed by atoms with Gasteiger partial charge in [0.25, 0.3) is 0 Å². The van der Waals surface area contributed by atoms with Gasteiger partial charge in [0.1, 0.15) is 5.92 Å². The van der Waals surface area contributed by atoms with Crippen molar-refractivity contribution < 1.29 is 27.5 Å². The minimum absolute atomic E-state index is 0.0907. The SMILES string of the molecule is NC(=O)[C@@H](C(=O)Nc1ccc(N2CCOCC2)cc1)c1ccc(C(F)(F)F)cc1. The van der Waals surface area contributed by atoms with Crippen molar-refractivity contribution in [2.24, 2.45) is 5.73 Å². The number of alkyl halides is 3. The lowest BCUT2D eigenvalue weighted by Crippen LogP contribution is -2.36. The molecular weight excluding hydrogens is 387 g/mol. The van der Waals surface area contributed by atoms with E-state index < -0.39 is 29.5 Å². The minimum Gasteiger partial charge on any atom is -0.378 e. The quantitative estimate of drug-likeness (QED) is 0.747. The van der Waals surface area contributed by atoms with Crippen LogP contribution in [0.3, 0.4) is 0 Å². The van der Waals surface area contributed by atoms with Crippen LogP contribution in [0.15, 0.2) is 48.5 Å². The number of halogens is 3. The lowest BCUT2D eigenvalue weighted by Gasteiger charge is -2.29. The van der Waals surface area contributed by atoms with Crippen LogP contribution in [0.5, 0.6) is 0 Å². The molecule has 3 rings (SSSR count). The van der Waals surface area contributed by atoms with Gasteiger partial charge in [-0.15, -0.1) is 0 Å². The first-order chi connectivity index (χ1) is 13.8. The summed E-state index contributed by atoms with van der Waals surface area (Å²) in [4.78, 5) is 26.5. The molecule has 2 aromatic carbocycles. The van der Waals surface area contributed by atoms with E-state index in [0.29, 0.717) is 18.9 Å². The second-order valence-corrected chi connectivity index (χ2v) is 6.59. The van der Waals surface area contributed by atoms with Crippen LogP contribution >= 0.6 is 0 Å². The molecule has 2 aromatic rings. The average molecular weight is 407 g/mol. The highest BCUT2D eigenvalue weighted by molar-refractivity contribution is 6.10. The van der Waals surface area contributed by atoms with Gasteiger partial charge in [0.15, 0.2) is 0 Å². The molecule has 9 heteroatoms. The van der Waals surface area contributed by atoms with Crippen LogP contribution < -0.4 is 16.0 Å². The lowest BCUT2D eigenvalue weighted by molar-refractivity contribution is -0.137. The first-order valence-corrected chi connectivity index (χ1v) is 8.96. The Morgan fingerprint density at radius 3 is 2.10 bits per heavy atom. The van der Waals surface area contributed by atoms with Crippen LogP contribution in [0.4, 0.5) is 24.5 Å². The molecule has 29 heavy (non-hydrogen) atoms. The fourth-order valence-corrected chi connectivity index (χ4v) is 3.10. The second kappa shape index (κ2) is 8.52. The topological polar surface area (TPSA) is 84.7 Å². The standard InChI is InChI=1S/C20H20F3N3O3/c21-20(22,23)14-3-1-13(2-4-14)17(18(24)27)19(28)25-15-5-7-16(8-6-15)26-9-11-29-12-10-26/h1-8,17H,9-12H2,(H2,24,27)(H,25,28)/t17-/m0/s1. The number of hydrogen-bond donors (Lipinski definition) is 2. The van der Waals surface area contributed by atoms with Crippen LogP contribution in [-0.4, -0.2) is 38.1 Å². The van der Waals surface area contributed by atoms with Gasteiger partial charge in [-0.3, -0.25) is 9.59 Å². The van der Waals surface area contributed by atoms with Crippen molar-refractivity contribution in [2.45, 2.75) is 12.1 Å². The molecule has 0 unspecified atom stereocenters. The van der Waals surface area contributed by atoms with Gasteiger partial charge >= 0.3 is 6.18 Å². The molecule has 0 saturated carbocycles. The number of nitrogens with zero attached hydrogens (tertiary/aromatic N) is 1. The Bertz CT molecular complexity index is 861. The molecule has 3 N–H and O–H groups in total. The molecule has 1 aliphatic heterocycles. The van der Waals surface area contributed by atoms with Crippen LogP contribution in [-0.2, 0) is 20.5 Å². The zero-order valence-corrected chi connectivity index (χ0v) is 15.4. The third kappa shape index (κ3) is 5.05. The highest BCUT2D eigenvalue weighted by Gasteiger charge is 2.32. The van der Waals surface area contributed by atoms with Gasteiger partial charge in [0.05, 0.1) is 18.8 Å². The highest BCUT2D eigenvalue weighted by Crippen LogP contribution is 2.30. The summed E-state index contributed by atoms with van der Waals surface area (Å²) in [5.41, 5.74) is 5.97. The van der Waals surface area contributed by atoms with Crippen molar-refractivity contribution in [3.63, 3.8) is 0 Å². The molecule has 0 radical (unpaired) electrons. The number of carbonyl (C=O) groups is 2. The van der Waals surface area contributed by atoms with Crippen molar-refractivity contribution in [1.29, 1.82) is 0 Å². The monoisotopic (exact) mass is 407 g/mol. The molecular formula is C20H20F3N3O3. The van der Waals surface area contributed by atoms with E-state index in [9.17, 15) is 22.8 Å². The summed E-state index contributed by atoms with van der Waals surface area (Å²) in [5.74, 6) is -3.07. The molecule has 0 bridgehead atoms. The van der Waals surface area contributed by atoms with Gasteiger partial charge < -0.3 is 20.7 Å². The Balaban J connectivity index is 1.72. The van der Waals surface area contributed by atoms with E-state index in [1.54, 1.807) is 12.1 Å². The van der Waals surface area contributed by atoms with Gasteiger partial charge in [-0.25, -0.2) is 0 Å². The van der Waals surface area contributed by atoms with E-state index in [4.69, 9.17) is 10.5 Å². The molecule has 1 atom stereocenters. The zero-order chi connectivity index (χ0) is 21.0. The molecule has 154 valence electrons. The van der Waals surface area contributed by atoms with Crippen LogP contribution in [0.1, 0.15) is 17.0 Å². The Labute approximate surface area is 165 Å². The molecule has 6 nitrogen and oxygen atoms in total. The molecule has 1 heterocycles. The maximum absolute atomic E-state index is 12.7. The largest absolute Gasteiger partial charge is 0.416 e. The van der Waals surface area contributed by atoms with Crippen molar-refractivity contribution in [3.8, 4) is 0 Å². The molecule has 1 fully saturated rings. The number of benzene rings is 2. The highest BCUT2D eigenvalue weighted by atomic mass is 19.4. The second-order valence-electron chi connectivity index (χ2n) is 6.59. The van der Waals surface area contributed by atoms with Gasteiger partial charge in [0, 0.05) is 24.5 Å². The number of primary amides is 1. The number of morpholine rings is 1. The summed E-state index contributed by atoms with van der Waals surface area (Å²) in [6, 6.07) is 10.8. The van der Waals surface area contributed by atoms with Gasteiger partial charge in [0.2, 0.25) is 11.8 Å². The van der Waals surface area contributed by atoms with E-state index in [0.717, 1.165) is 43.0 Å². The number of nitrogens with one attached hydrogen (secondary N) is 1. The average Bonchev–Trinajstić information content (AvgIpc) is 2.69. The van der Waals surface area contributed by atoms with Crippen molar-refractivity contribution in [3.05, 3.63) is 59.7 Å². The summed E-state index contributed by atoms with van der Waals surface area (Å²) in [6.07, 6.45) is -4.51. The number of hydrogen-bond acceptors (Lipinski definition) is 4. The van der Waals surface area contributed by atoms with E-state index in [2.05, 4.69) is 10.2 Å². The van der Waals surface area contributed by atoms with Gasteiger partial charge in [-0.1, -0.05) is 12.1 Å². The first kappa shape index (κ1) is 20.7. The zero-order valence-electron chi connectivity index (χ0n) is 15.4. The fourth-order valence-electron chi connectivity index (χ4n) is 3.10. The number of carbonyl (C=O) groups excluding carboxylic acids is 2. The number of anilines is 2. The summed E-state index contributed by atoms with van der Waals surface area (Å²) in [6.45, 7) is 2.82. The summed E-state index contributed by atoms with van der Waals surface area (Å²) >= 11 is 0. The van der Waals surface area contributed by atoms with E-state index in [-0.39, 0.29) is 5.56 Å². The summed E-state index contributed by atoms with van der Waals surface area (Å²) < 4.78 is 43.4. The van der Waals surface area contributed by atoms with Crippen LogP contribution in [0.2, 0.25) is 0 Å². The molecule has 1 aliphatic rings. The van der Waals surface area contributed by atoms with E-state index in [1.165, 1.54) is 0 Å². The Morgan fingerprint density at radius 1 is 1.00 bits per heavy atom.